The van der Waals surface area contributed by atoms with Gasteiger partial charge in [0.15, 0.2) is 0 Å². The van der Waals surface area contributed by atoms with Crippen LogP contribution >= 0.6 is 0 Å². The van der Waals surface area contributed by atoms with E-state index in [1.807, 2.05) is 12.1 Å². The molecule has 4 aromatic carbocycles. The number of fused-ring (bicyclic) bond motifs is 2. The van der Waals surface area contributed by atoms with Crippen LogP contribution in [0.2, 0.25) is 0 Å². The zero-order chi connectivity index (χ0) is 27.9. The number of non-ortho nitro benzene ring substituents is 1. The molecule has 10 nitrogen and oxygen atoms in total. The first-order valence-corrected chi connectivity index (χ1v) is 13.0. The molecule has 1 aromatic heterocycles. The summed E-state index contributed by atoms with van der Waals surface area (Å²) < 4.78 is 39.2. The molecule has 39 heavy (non-hydrogen) atoms. The number of nitrogens with zero attached hydrogens (tertiary/aromatic N) is 2. The Morgan fingerprint density at radius 1 is 0.923 bits per heavy atom. The second kappa shape index (κ2) is 9.69. The lowest BCUT2D eigenvalue weighted by Crippen LogP contribution is -2.37. The topological polar surface area (TPSA) is 137 Å². The molecule has 5 aromatic rings. The molecule has 0 aliphatic rings. The van der Waals surface area contributed by atoms with Gasteiger partial charge in [-0.3, -0.25) is 14.9 Å². The number of furan rings is 1. The first-order chi connectivity index (χ1) is 18.6. The van der Waals surface area contributed by atoms with E-state index in [-0.39, 0.29) is 44.1 Å². The van der Waals surface area contributed by atoms with Crippen molar-refractivity contribution in [1.29, 1.82) is 0 Å². The van der Waals surface area contributed by atoms with Crippen LogP contribution in [-0.4, -0.2) is 32.3 Å². The number of methoxy groups -OCH3 is 1. The van der Waals surface area contributed by atoms with Crippen molar-refractivity contribution in [3.05, 3.63) is 112 Å². The molecule has 0 saturated heterocycles. The van der Waals surface area contributed by atoms with Gasteiger partial charge in [0.25, 0.3) is 21.6 Å². The minimum Gasteiger partial charge on any atom is -0.465 e. The van der Waals surface area contributed by atoms with E-state index in [4.69, 9.17) is 9.15 Å². The third-order valence-corrected chi connectivity index (χ3v) is 7.93. The van der Waals surface area contributed by atoms with Crippen LogP contribution in [0, 0.1) is 17.0 Å². The summed E-state index contributed by atoms with van der Waals surface area (Å²) >= 11 is 0. The number of nitro benzene ring substituents is 1. The molecule has 0 aliphatic carbocycles. The Balaban J connectivity index is 1.74. The lowest BCUT2D eigenvalue weighted by atomic mass is 10.1. The molecule has 0 unspecified atom stereocenters. The molecule has 0 aliphatic heterocycles. The number of carbonyl (C=O) groups is 2. The van der Waals surface area contributed by atoms with Crippen LogP contribution in [0.25, 0.3) is 21.7 Å². The zero-order valence-corrected chi connectivity index (χ0v) is 21.5. The van der Waals surface area contributed by atoms with Crippen molar-refractivity contribution in [3.8, 4) is 0 Å². The van der Waals surface area contributed by atoms with E-state index in [0.717, 1.165) is 11.5 Å². The molecule has 0 fully saturated rings. The third kappa shape index (κ3) is 4.48. The van der Waals surface area contributed by atoms with Crippen LogP contribution in [0.1, 0.15) is 26.5 Å². The molecule has 11 heteroatoms. The van der Waals surface area contributed by atoms with Crippen LogP contribution in [-0.2, 0) is 14.8 Å². The highest BCUT2D eigenvalue weighted by Crippen LogP contribution is 2.34. The van der Waals surface area contributed by atoms with Gasteiger partial charge in [-0.15, -0.1) is 0 Å². The number of rotatable bonds is 6. The van der Waals surface area contributed by atoms with Gasteiger partial charge in [-0.2, -0.15) is 4.31 Å². The van der Waals surface area contributed by atoms with Gasteiger partial charge in [-0.1, -0.05) is 36.4 Å². The van der Waals surface area contributed by atoms with Crippen molar-refractivity contribution in [1.82, 2.24) is 0 Å². The van der Waals surface area contributed by atoms with Crippen molar-refractivity contribution in [2.24, 2.45) is 0 Å². The molecule has 1 amide bonds. The number of anilines is 1. The van der Waals surface area contributed by atoms with E-state index in [1.54, 1.807) is 25.1 Å². The second-order valence-electron chi connectivity index (χ2n) is 8.60. The van der Waals surface area contributed by atoms with Crippen LogP contribution < -0.4 is 4.31 Å². The Labute approximate surface area is 222 Å². The monoisotopic (exact) mass is 544 g/mol. The van der Waals surface area contributed by atoms with Gasteiger partial charge < -0.3 is 9.15 Å². The fourth-order valence-electron chi connectivity index (χ4n) is 4.36. The van der Waals surface area contributed by atoms with E-state index < -0.39 is 26.8 Å². The first-order valence-electron chi connectivity index (χ1n) is 11.6. The van der Waals surface area contributed by atoms with Gasteiger partial charge in [-0.25, -0.2) is 13.2 Å². The SMILES string of the molecule is COC(=O)c1c(C)oc2ccc(N(C(=O)c3cccc([N+](=O)[O-])c3)S(=O)(=O)c3ccc4ccccc4c3)cc12. The molecule has 0 bridgehead atoms. The summed E-state index contributed by atoms with van der Waals surface area (Å²) in [6.45, 7) is 1.56. The summed E-state index contributed by atoms with van der Waals surface area (Å²) in [5, 5.41) is 13.0. The van der Waals surface area contributed by atoms with E-state index in [2.05, 4.69) is 0 Å². The van der Waals surface area contributed by atoms with Crippen LogP contribution in [0.4, 0.5) is 11.4 Å². The molecule has 0 radical (unpaired) electrons. The third-order valence-electron chi connectivity index (χ3n) is 6.22. The van der Waals surface area contributed by atoms with Gasteiger partial charge >= 0.3 is 5.97 Å². The highest BCUT2D eigenvalue weighted by atomic mass is 32.2. The van der Waals surface area contributed by atoms with Crippen molar-refractivity contribution >= 4 is 55.0 Å². The second-order valence-corrected chi connectivity index (χ2v) is 10.4. The normalized spacial score (nSPS) is 11.4. The molecule has 196 valence electrons. The highest BCUT2D eigenvalue weighted by Gasteiger charge is 2.33. The lowest BCUT2D eigenvalue weighted by molar-refractivity contribution is -0.384. The molecule has 0 N–H and O–H groups in total. The predicted molar refractivity (Wildman–Crippen MR) is 143 cm³/mol. The van der Waals surface area contributed by atoms with Crippen LogP contribution in [0.3, 0.4) is 0 Å². The smallest absolute Gasteiger partial charge is 0.342 e. The molecule has 5 rings (SSSR count). The predicted octanol–water partition coefficient (Wildman–Crippen LogP) is 5.62. The molecular formula is C28H20N2O8S. The number of carbonyl (C=O) groups excluding carboxylic acids is 2. The zero-order valence-electron chi connectivity index (χ0n) is 20.7. The number of nitro groups is 1. The summed E-state index contributed by atoms with van der Waals surface area (Å²) in [4.78, 5) is 36.8. The standard InChI is InChI=1S/C28H20N2O8S/c1-17-26(28(32)37-2)24-16-21(11-13-25(24)38-17)29(27(31)20-8-5-9-22(14-20)30(33)34)39(35,36)23-12-10-18-6-3-4-7-19(18)15-23/h3-16H,1-2H3. The maximum Gasteiger partial charge on any atom is 0.342 e. The molecular weight excluding hydrogens is 524 g/mol. The van der Waals surface area contributed by atoms with E-state index >= 15 is 0 Å². The van der Waals surface area contributed by atoms with Gasteiger partial charge in [0.1, 0.15) is 16.9 Å². The van der Waals surface area contributed by atoms with Crippen LogP contribution in [0.15, 0.2) is 94.2 Å². The van der Waals surface area contributed by atoms with Gasteiger partial charge in [0.05, 0.1) is 22.6 Å². The number of benzene rings is 4. The summed E-state index contributed by atoms with van der Waals surface area (Å²) in [7, 11) is -3.36. The van der Waals surface area contributed by atoms with Gasteiger partial charge in [0.2, 0.25) is 0 Å². The van der Waals surface area contributed by atoms with Crippen LogP contribution in [0.5, 0.6) is 0 Å². The fourth-order valence-corrected chi connectivity index (χ4v) is 5.80. The van der Waals surface area contributed by atoms with Gasteiger partial charge in [-0.05, 0) is 54.1 Å². The largest absolute Gasteiger partial charge is 0.465 e. The van der Waals surface area contributed by atoms with Crippen molar-refractivity contribution in [2.45, 2.75) is 11.8 Å². The van der Waals surface area contributed by atoms with Crippen molar-refractivity contribution in [3.63, 3.8) is 0 Å². The average Bonchev–Trinajstić information content (AvgIpc) is 3.27. The summed E-state index contributed by atoms with van der Waals surface area (Å²) in [6.07, 6.45) is 0. The maximum atomic E-state index is 14.1. The summed E-state index contributed by atoms with van der Waals surface area (Å²) in [6, 6.07) is 20.5. The Hall–Kier alpha value is -5.03. The Morgan fingerprint density at radius 3 is 2.38 bits per heavy atom. The van der Waals surface area contributed by atoms with Crippen molar-refractivity contribution < 1.29 is 32.1 Å². The molecule has 0 atom stereocenters. The Bertz CT molecular complexity index is 1910. The maximum absolute atomic E-state index is 14.1. The highest BCUT2D eigenvalue weighted by molar-refractivity contribution is 7.93. The van der Waals surface area contributed by atoms with E-state index in [9.17, 15) is 28.1 Å². The number of ether oxygens (including phenoxy) is 1. The van der Waals surface area contributed by atoms with E-state index in [0.29, 0.717) is 9.69 Å². The van der Waals surface area contributed by atoms with Crippen molar-refractivity contribution in [2.75, 3.05) is 11.4 Å². The number of hydrogen-bond donors (Lipinski definition) is 0. The number of esters is 1. The average molecular weight is 545 g/mol. The number of aryl methyl sites for hydroxylation is 1. The quantitative estimate of drug-likeness (QED) is 0.152. The fraction of sp³-hybridized carbons (Fsp3) is 0.0714. The molecule has 1 heterocycles. The molecule has 0 spiro atoms. The summed E-state index contributed by atoms with van der Waals surface area (Å²) in [5.41, 5.74) is -0.330. The number of hydrogen-bond acceptors (Lipinski definition) is 8. The number of amides is 1. The Kier molecular flexibility index (Phi) is 6.36. The minimum absolute atomic E-state index is 0.0835. The van der Waals surface area contributed by atoms with E-state index in [1.165, 1.54) is 55.6 Å². The number of sulfonamides is 1. The summed E-state index contributed by atoms with van der Waals surface area (Å²) in [5.74, 6) is -1.47. The van der Waals surface area contributed by atoms with Gasteiger partial charge in [0, 0.05) is 23.1 Å². The Morgan fingerprint density at radius 2 is 1.67 bits per heavy atom. The lowest BCUT2D eigenvalue weighted by Gasteiger charge is -2.23. The molecule has 0 saturated carbocycles. The minimum atomic E-state index is -4.56. The first kappa shape index (κ1) is 25.6.